The Bertz CT molecular complexity index is 886. The highest BCUT2D eigenvalue weighted by atomic mass is 35.5. The van der Waals surface area contributed by atoms with Crippen molar-refractivity contribution in [1.82, 2.24) is 15.1 Å². The molecule has 4 rings (SSSR count). The summed E-state index contributed by atoms with van der Waals surface area (Å²) in [7, 11) is 0. The monoisotopic (exact) mass is 342 g/mol. The van der Waals surface area contributed by atoms with Gasteiger partial charge in [0.2, 0.25) is 0 Å². The van der Waals surface area contributed by atoms with Crippen molar-refractivity contribution in [2.24, 2.45) is 0 Å². The number of aryl methyl sites for hydroxylation is 2. The Morgan fingerprint density at radius 3 is 2.75 bits per heavy atom. The van der Waals surface area contributed by atoms with E-state index in [4.69, 9.17) is 20.9 Å². The fourth-order valence-corrected chi connectivity index (χ4v) is 3.04. The lowest BCUT2D eigenvalue weighted by molar-refractivity contribution is 0.357. The Morgan fingerprint density at radius 2 is 2.04 bits per heavy atom. The molecule has 7 heteroatoms. The van der Waals surface area contributed by atoms with Gasteiger partial charge in [0.25, 0.3) is 0 Å². The van der Waals surface area contributed by atoms with Crippen LogP contribution in [0.3, 0.4) is 0 Å². The summed E-state index contributed by atoms with van der Waals surface area (Å²) in [5.41, 5.74) is 3.95. The number of hydrogen-bond donors (Lipinski definition) is 1. The number of hydrogen-bond acceptors (Lipinski definition) is 6. The smallest absolute Gasteiger partial charge is 0.174 e. The zero-order valence-electron chi connectivity index (χ0n) is 13.3. The van der Waals surface area contributed by atoms with Crippen molar-refractivity contribution in [3.8, 4) is 16.9 Å². The first-order valence-corrected chi connectivity index (χ1v) is 7.98. The van der Waals surface area contributed by atoms with E-state index < -0.39 is 0 Å². The van der Waals surface area contributed by atoms with Gasteiger partial charge in [-0.2, -0.15) is 0 Å². The van der Waals surface area contributed by atoms with E-state index in [1.807, 2.05) is 20.0 Å². The van der Waals surface area contributed by atoms with Crippen LogP contribution in [0.15, 0.2) is 29.0 Å². The topological polar surface area (TPSA) is 73.1 Å². The molecule has 24 heavy (non-hydrogen) atoms. The Labute approximate surface area is 143 Å². The third-order valence-electron chi connectivity index (χ3n) is 4.01. The summed E-state index contributed by atoms with van der Waals surface area (Å²) in [6, 6.07) is 3.57. The van der Waals surface area contributed by atoms with Gasteiger partial charge in [-0.25, -0.2) is 9.97 Å². The van der Waals surface area contributed by atoms with Crippen molar-refractivity contribution in [2.75, 3.05) is 11.9 Å². The van der Waals surface area contributed by atoms with Crippen molar-refractivity contribution >= 4 is 23.2 Å². The normalized spacial score (nSPS) is 12.8. The van der Waals surface area contributed by atoms with Crippen molar-refractivity contribution in [1.29, 1.82) is 0 Å². The third kappa shape index (κ3) is 2.49. The van der Waals surface area contributed by atoms with Gasteiger partial charge >= 0.3 is 0 Å². The predicted molar refractivity (Wildman–Crippen MR) is 90.9 cm³/mol. The average Bonchev–Trinajstić information content (AvgIpc) is 3.18. The van der Waals surface area contributed by atoms with Crippen LogP contribution in [-0.4, -0.2) is 21.7 Å². The molecular weight excluding hydrogens is 328 g/mol. The van der Waals surface area contributed by atoms with Crippen LogP contribution in [0.4, 0.5) is 11.6 Å². The van der Waals surface area contributed by atoms with Crippen LogP contribution in [0.5, 0.6) is 5.75 Å². The number of anilines is 2. The highest BCUT2D eigenvalue weighted by Crippen LogP contribution is 2.41. The van der Waals surface area contributed by atoms with E-state index in [0.717, 1.165) is 40.3 Å². The van der Waals surface area contributed by atoms with Crippen LogP contribution < -0.4 is 10.1 Å². The first kappa shape index (κ1) is 15.0. The van der Waals surface area contributed by atoms with Gasteiger partial charge in [0, 0.05) is 35.5 Å². The quantitative estimate of drug-likeness (QED) is 0.773. The van der Waals surface area contributed by atoms with E-state index in [-0.39, 0.29) is 0 Å². The molecule has 122 valence electrons. The van der Waals surface area contributed by atoms with Crippen molar-refractivity contribution in [2.45, 2.75) is 20.3 Å². The number of aromatic nitrogens is 3. The van der Waals surface area contributed by atoms with Gasteiger partial charge in [-0.05, 0) is 26.0 Å². The standard InChI is InChI=1S/C17H15ClN4O2/c1-9-15(10(2)24-22-9)13-8-20-17(16-12(13)5-6-23-16)21-14-4-3-11(18)7-19-14/h3-4,7-8H,5-6H2,1-2H3,(H,19,20,21). The minimum atomic E-state index is 0.587. The average molecular weight is 343 g/mol. The molecule has 0 spiro atoms. The van der Waals surface area contributed by atoms with Crippen LogP contribution >= 0.6 is 11.6 Å². The lowest BCUT2D eigenvalue weighted by Crippen LogP contribution is -2.00. The van der Waals surface area contributed by atoms with Gasteiger partial charge in [-0.3, -0.25) is 0 Å². The molecule has 6 nitrogen and oxygen atoms in total. The van der Waals surface area contributed by atoms with Crippen molar-refractivity contribution in [3.63, 3.8) is 0 Å². The summed E-state index contributed by atoms with van der Waals surface area (Å²) in [5.74, 6) is 2.84. The number of nitrogens with zero attached hydrogens (tertiary/aromatic N) is 3. The van der Waals surface area contributed by atoms with E-state index >= 15 is 0 Å². The summed E-state index contributed by atoms with van der Waals surface area (Å²) in [5, 5.41) is 7.81. The zero-order chi connectivity index (χ0) is 16.7. The van der Waals surface area contributed by atoms with Crippen molar-refractivity contribution < 1.29 is 9.26 Å². The minimum Gasteiger partial charge on any atom is -0.489 e. The lowest BCUT2D eigenvalue weighted by atomic mass is 9.99. The lowest BCUT2D eigenvalue weighted by Gasteiger charge is -2.12. The number of pyridine rings is 2. The molecule has 3 aromatic heterocycles. The maximum atomic E-state index is 5.87. The zero-order valence-corrected chi connectivity index (χ0v) is 14.0. The largest absolute Gasteiger partial charge is 0.489 e. The molecule has 0 saturated carbocycles. The SMILES string of the molecule is Cc1noc(C)c1-c1cnc(Nc2ccc(Cl)cn2)c2c1CCO2. The Kier molecular flexibility index (Phi) is 3.61. The van der Waals surface area contributed by atoms with Crippen LogP contribution in [-0.2, 0) is 6.42 Å². The van der Waals surface area contributed by atoms with E-state index in [2.05, 4.69) is 20.4 Å². The molecule has 0 amide bonds. The summed E-state index contributed by atoms with van der Waals surface area (Å²) >= 11 is 5.87. The molecule has 4 heterocycles. The molecular formula is C17H15ClN4O2. The minimum absolute atomic E-state index is 0.587. The Balaban J connectivity index is 1.76. The molecule has 0 aliphatic carbocycles. The second-order valence-electron chi connectivity index (χ2n) is 5.61. The molecule has 1 aliphatic heterocycles. The summed E-state index contributed by atoms with van der Waals surface area (Å²) < 4.78 is 11.1. The number of nitrogens with one attached hydrogen (secondary N) is 1. The molecule has 0 aromatic carbocycles. The highest BCUT2D eigenvalue weighted by Gasteiger charge is 2.25. The molecule has 0 atom stereocenters. The number of fused-ring (bicyclic) bond motifs is 1. The first-order valence-electron chi connectivity index (χ1n) is 7.60. The first-order chi connectivity index (χ1) is 11.6. The van der Waals surface area contributed by atoms with Gasteiger partial charge < -0.3 is 14.6 Å². The van der Waals surface area contributed by atoms with Crippen LogP contribution in [0.2, 0.25) is 5.02 Å². The number of ether oxygens (including phenoxy) is 1. The predicted octanol–water partition coefficient (Wildman–Crippen LogP) is 4.08. The summed E-state index contributed by atoms with van der Waals surface area (Å²) in [6.07, 6.45) is 4.24. The molecule has 0 saturated heterocycles. The molecule has 0 bridgehead atoms. The Morgan fingerprint density at radius 1 is 1.17 bits per heavy atom. The van der Waals surface area contributed by atoms with E-state index in [1.54, 1.807) is 18.3 Å². The van der Waals surface area contributed by atoms with Gasteiger partial charge in [-0.15, -0.1) is 0 Å². The fraction of sp³-hybridized carbons (Fsp3) is 0.235. The number of halogens is 1. The van der Waals surface area contributed by atoms with Crippen LogP contribution in [0, 0.1) is 13.8 Å². The molecule has 0 radical (unpaired) electrons. The maximum Gasteiger partial charge on any atom is 0.174 e. The van der Waals surface area contributed by atoms with Gasteiger partial charge in [-0.1, -0.05) is 16.8 Å². The second kappa shape index (κ2) is 5.79. The van der Waals surface area contributed by atoms with Crippen LogP contribution in [0.1, 0.15) is 17.0 Å². The van der Waals surface area contributed by atoms with E-state index in [1.165, 1.54) is 0 Å². The third-order valence-corrected chi connectivity index (χ3v) is 4.24. The molecule has 0 unspecified atom stereocenters. The van der Waals surface area contributed by atoms with Gasteiger partial charge in [0.05, 0.1) is 17.3 Å². The highest BCUT2D eigenvalue weighted by molar-refractivity contribution is 6.30. The van der Waals surface area contributed by atoms with Gasteiger partial charge in [0.1, 0.15) is 11.6 Å². The number of rotatable bonds is 3. The molecule has 1 N–H and O–H groups in total. The van der Waals surface area contributed by atoms with E-state index in [9.17, 15) is 0 Å². The maximum absolute atomic E-state index is 5.87. The second-order valence-corrected chi connectivity index (χ2v) is 6.05. The molecule has 3 aromatic rings. The van der Waals surface area contributed by atoms with Crippen molar-refractivity contribution in [3.05, 3.63) is 46.6 Å². The van der Waals surface area contributed by atoms with E-state index in [0.29, 0.717) is 23.3 Å². The molecule has 1 aliphatic rings. The molecule has 0 fully saturated rings. The van der Waals surface area contributed by atoms with Gasteiger partial charge in [0.15, 0.2) is 11.6 Å². The summed E-state index contributed by atoms with van der Waals surface area (Å²) in [4.78, 5) is 8.76. The fourth-order valence-electron chi connectivity index (χ4n) is 2.93. The Hall–Kier alpha value is -2.60. The van der Waals surface area contributed by atoms with Crippen LogP contribution in [0.25, 0.3) is 11.1 Å². The summed E-state index contributed by atoms with van der Waals surface area (Å²) in [6.45, 7) is 4.46.